The van der Waals surface area contributed by atoms with Crippen molar-refractivity contribution in [2.24, 2.45) is 0 Å². The van der Waals surface area contributed by atoms with Crippen LogP contribution in [0.25, 0.3) is 10.9 Å². The normalized spacial score (nSPS) is 22.6. The van der Waals surface area contributed by atoms with E-state index in [9.17, 15) is 9.90 Å². The van der Waals surface area contributed by atoms with Gasteiger partial charge in [0.1, 0.15) is 0 Å². The highest BCUT2D eigenvalue weighted by Crippen LogP contribution is 2.22. The average Bonchev–Trinajstić information content (AvgIpc) is 2.86. The number of aliphatic hydroxyl groups excluding tert-OH is 1. The zero-order valence-electron chi connectivity index (χ0n) is 10.3. The molecule has 1 saturated heterocycles. The predicted octanol–water partition coefficient (Wildman–Crippen LogP) is 0.896. The minimum Gasteiger partial charge on any atom is -0.392 e. The molecule has 1 amide bonds. The highest BCUT2D eigenvalue weighted by Gasteiger charge is 2.28. The van der Waals surface area contributed by atoms with Crippen LogP contribution in [-0.2, 0) is 4.79 Å². The van der Waals surface area contributed by atoms with E-state index in [1.165, 1.54) is 0 Å². The Hall–Kier alpha value is -1.98. The van der Waals surface area contributed by atoms with Crippen LogP contribution in [0.3, 0.4) is 0 Å². The molecule has 1 aliphatic heterocycles. The molecule has 0 bridgehead atoms. The summed E-state index contributed by atoms with van der Waals surface area (Å²) in [6, 6.07) is 9.06. The first-order chi connectivity index (χ1) is 9.24. The van der Waals surface area contributed by atoms with Gasteiger partial charge in [0.25, 0.3) is 0 Å². The number of β-amino-alcohol motifs (C(OH)–C–C–N with tert-alkyl or cyclic N) is 1. The molecule has 2 heterocycles. The first-order valence-electron chi connectivity index (χ1n) is 6.30. The van der Waals surface area contributed by atoms with Gasteiger partial charge in [0, 0.05) is 18.1 Å². The Kier molecular flexibility index (Phi) is 3.15. The number of aromatic nitrogens is 1. The third kappa shape index (κ3) is 2.43. The molecule has 0 spiro atoms. The van der Waals surface area contributed by atoms with Gasteiger partial charge in [-0.05, 0) is 30.7 Å². The minimum atomic E-state index is -0.440. The van der Waals surface area contributed by atoms with Gasteiger partial charge in [-0.2, -0.15) is 0 Å². The maximum atomic E-state index is 12.1. The number of nitrogens with zero attached hydrogens (tertiary/aromatic N) is 1. The Labute approximate surface area is 110 Å². The van der Waals surface area contributed by atoms with Crippen LogP contribution in [-0.4, -0.2) is 34.7 Å². The van der Waals surface area contributed by atoms with Gasteiger partial charge in [-0.15, -0.1) is 0 Å². The van der Waals surface area contributed by atoms with Gasteiger partial charge in [-0.25, -0.2) is 0 Å². The van der Waals surface area contributed by atoms with E-state index in [1.807, 2.05) is 30.3 Å². The topological polar surface area (TPSA) is 74.2 Å². The van der Waals surface area contributed by atoms with Gasteiger partial charge >= 0.3 is 0 Å². The van der Waals surface area contributed by atoms with Crippen molar-refractivity contribution >= 4 is 22.5 Å². The van der Waals surface area contributed by atoms with Crippen molar-refractivity contribution in [3.63, 3.8) is 0 Å². The number of carbonyl (C=O) groups is 1. The van der Waals surface area contributed by atoms with E-state index in [0.29, 0.717) is 13.0 Å². The molecule has 1 fully saturated rings. The molecule has 5 nitrogen and oxygen atoms in total. The Bertz CT molecular complexity index is 609. The van der Waals surface area contributed by atoms with Gasteiger partial charge < -0.3 is 15.7 Å². The number of anilines is 1. The Balaban J connectivity index is 1.83. The molecular formula is C14H15N3O2. The fraction of sp³-hybridized carbons (Fsp3) is 0.286. The lowest BCUT2D eigenvalue weighted by molar-refractivity contribution is -0.117. The number of nitrogens with one attached hydrogen (secondary N) is 2. The number of pyridine rings is 1. The summed E-state index contributed by atoms with van der Waals surface area (Å²) < 4.78 is 0. The standard InChI is InChI=1S/C14H15N3O2/c18-9-7-13(16-8-9)14(19)17-12-5-1-4-11-10(12)3-2-6-15-11/h1-6,9,13,16,18H,7-8H2,(H,17,19). The Morgan fingerprint density at radius 1 is 1.37 bits per heavy atom. The van der Waals surface area contributed by atoms with Crippen LogP contribution in [0.4, 0.5) is 5.69 Å². The summed E-state index contributed by atoms with van der Waals surface area (Å²) >= 11 is 0. The van der Waals surface area contributed by atoms with Crippen molar-refractivity contribution in [2.45, 2.75) is 18.6 Å². The van der Waals surface area contributed by atoms with Crippen LogP contribution in [0.5, 0.6) is 0 Å². The number of amides is 1. The van der Waals surface area contributed by atoms with Gasteiger partial charge in [-0.3, -0.25) is 9.78 Å². The maximum Gasteiger partial charge on any atom is 0.241 e. The van der Waals surface area contributed by atoms with Crippen LogP contribution in [0.2, 0.25) is 0 Å². The summed E-state index contributed by atoms with van der Waals surface area (Å²) in [5.41, 5.74) is 1.60. The van der Waals surface area contributed by atoms with Gasteiger partial charge in [-0.1, -0.05) is 6.07 Å². The van der Waals surface area contributed by atoms with Gasteiger partial charge in [0.2, 0.25) is 5.91 Å². The minimum absolute atomic E-state index is 0.118. The molecule has 2 unspecified atom stereocenters. The zero-order chi connectivity index (χ0) is 13.2. The van der Waals surface area contributed by atoms with Crippen molar-refractivity contribution in [2.75, 3.05) is 11.9 Å². The number of fused-ring (bicyclic) bond motifs is 1. The Morgan fingerprint density at radius 2 is 2.26 bits per heavy atom. The molecule has 2 aromatic rings. The highest BCUT2D eigenvalue weighted by molar-refractivity contribution is 6.02. The summed E-state index contributed by atoms with van der Waals surface area (Å²) in [6.07, 6.45) is 1.74. The first-order valence-corrected chi connectivity index (χ1v) is 6.30. The molecule has 3 N–H and O–H groups in total. The molecule has 5 heteroatoms. The second-order valence-electron chi connectivity index (χ2n) is 4.72. The second kappa shape index (κ2) is 4.95. The largest absolute Gasteiger partial charge is 0.392 e. The smallest absolute Gasteiger partial charge is 0.241 e. The number of benzene rings is 1. The second-order valence-corrected chi connectivity index (χ2v) is 4.72. The molecule has 1 aliphatic rings. The van der Waals surface area contributed by atoms with Crippen molar-refractivity contribution in [3.05, 3.63) is 36.5 Å². The number of rotatable bonds is 2. The van der Waals surface area contributed by atoms with E-state index >= 15 is 0 Å². The lowest BCUT2D eigenvalue weighted by Gasteiger charge is -2.12. The van der Waals surface area contributed by atoms with Gasteiger partial charge in [0.05, 0.1) is 23.3 Å². The monoisotopic (exact) mass is 257 g/mol. The third-order valence-electron chi connectivity index (χ3n) is 3.33. The number of hydrogen-bond acceptors (Lipinski definition) is 4. The first kappa shape index (κ1) is 12.1. The fourth-order valence-corrected chi connectivity index (χ4v) is 2.35. The lowest BCUT2D eigenvalue weighted by atomic mass is 10.1. The maximum absolute atomic E-state index is 12.1. The van der Waals surface area contributed by atoms with Crippen LogP contribution < -0.4 is 10.6 Å². The average molecular weight is 257 g/mol. The van der Waals surface area contributed by atoms with Gasteiger partial charge in [0.15, 0.2) is 0 Å². The molecule has 1 aromatic carbocycles. The van der Waals surface area contributed by atoms with Crippen molar-refractivity contribution in [1.29, 1.82) is 0 Å². The van der Waals surface area contributed by atoms with Crippen LogP contribution in [0.15, 0.2) is 36.5 Å². The van der Waals surface area contributed by atoms with E-state index < -0.39 is 6.10 Å². The van der Waals surface area contributed by atoms with E-state index in [0.717, 1.165) is 16.6 Å². The van der Waals surface area contributed by atoms with E-state index in [1.54, 1.807) is 6.20 Å². The summed E-state index contributed by atoms with van der Waals surface area (Å²) in [5.74, 6) is -0.118. The van der Waals surface area contributed by atoms with E-state index in [-0.39, 0.29) is 11.9 Å². The van der Waals surface area contributed by atoms with Crippen molar-refractivity contribution < 1.29 is 9.90 Å². The lowest BCUT2D eigenvalue weighted by Crippen LogP contribution is -2.35. The van der Waals surface area contributed by atoms with E-state index in [4.69, 9.17) is 0 Å². The third-order valence-corrected chi connectivity index (χ3v) is 3.33. The fourth-order valence-electron chi connectivity index (χ4n) is 2.35. The molecule has 1 aromatic heterocycles. The molecule has 0 radical (unpaired) electrons. The number of hydrogen-bond donors (Lipinski definition) is 3. The molecule has 19 heavy (non-hydrogen) atoms. The van der Waals surface area contributed by atoms with Crippen LogP contribution in [0.1, 0.15) is 6.42 Å². The molecule has 2 atom stereocenters. The SMILES string of the molecule is O=C(Nc1cccc2ncccc12)C1CC(O)CN1. The summed E-state index contributed by atoms with van der Waals surface area (Å²) in [5, 5.41) is 16.2. The summed E-state index contributed by atoms with van der Waals surface area (Å²) in [7, 11) is 0. The number of carbonyl (C=O) groups excluding carboxylic acids is 1. The molecule has 3 rings (SSSR count). The van der Waals surface area contributed by atoms with Crippen molar-refractivity contribution in [1.82, 2.24) is 10.3 Å². The zero-order valence-corrected chi connectivity index (χ0v) is 10.3. The van der Waals surface area contributed by atoms with E-state index in [2.05, 4.69) is 15.6 Å². The molecular weight excluding hydrogens is 242 g/mol. The van der Waals surface area contributed by atoms with Crippen molar-refractivity contribution in [3.8, 4) is 0 Å². The highest BCUT2D eigenvalue weighted by atomic mass is 16.3. The van der Waals surface area contributed by atoms with Crippen LogP contribution in [0, 0.1) is 0 Å². The predicted molar refractivity (Wildman–Crippen MR) is 72.8 cm³/mol. The number of aliphatic hydroxyl groups is 1. The Morgan fingerprint density at radius 3 is 3.05 bits per heavy atom. The molecule has 0 aliphatic carbocycles. The summed E-state index contributed by atoms with van der Waals surface area (Å²) in [4.78, 5) is 16.4. The summed E-state index contributed by atoms with van der Waals surface area (Å²) in [6.45, 7) is 0.467. The molecule has 0 saturated carbocycles. The van der Waals surface area contributed by atoms with Crippen LogP contribution >= 0.6 is 0 Å². The molecule has 98 valence electrons. The quantitative estimate of drug-likeness (QED) is 0.747.